The van der Waals surface area contributed by atoms with Crippen molar-refractivity contribution in [2.75, 3.05) is 39.4 Å². The van der Waals surface area contributed by atoms with E-state index in [0.717, 1.165) is 17.4 Å². The quantitative estimate of drug-likeness (QED) is 0.340. The van der Waals surface area contributed by atoms with Gasteiger partial charge in [0.15, 0.2) is 23.3 Å². The molecule has 2 saturated heterocycles. The zero-order valence-electron chi connectivity index (χ0n) is 21.7. The summed E-state index contributed by atoms with van der Waals surface area (Å²) in [6.45, 7) is 7.23. The topological polar surface area (TPSA) is 129 Å². The third-order valence-corrected chi connectivity index (χ3v) is 8.30. The second-order valence-corrected chi connectivity index (χ2v) is 12.1. The molecule has 4 aliphatic rings. The van der Waals surface area contributed by atoms with Crippen molar-refractivity contribution in [2.24, 2.45) is 16.7 Å². The summed E-state index contributed by atoms with van der Waals surface area (Å²) in [6, 6.07) is 5.46. The van der Waals surface area contributed by atoms with E-state index in [9.17, 15) is 9.59 Å². The molecule has 0 radical (unpaired) electrons. The number of carbonyl (C=O) groups is 2. The maximum atomic E-state index is 12.9. The minimum Gasteiger partial charge on any atom is -0.486 e. The fourth-order valence-electron chi connectivity index (χ4n) is 4.99. The van der Waals surface area contributed by atoms with Crippen LogP contribution in [-0.2, 0) is 16.0 Å². The lowest BCUT2D eigenvalue weighted by atomic mass is 9.71. The molecule has 6 rings (SSSR count). The average Bonchev–Trinajstić information content (AvgIpc) is 3.28. The number of carbonyl (C=O) groups excluding carboxylic acids is 2. The van der Waals surface area contributed by atoms with Crippen LogP contribution in [0.1, 0.15) is 41.9 Å². The first kappa shape index (κ1) is 26.1. The summed E-state index contributed by atoms with van der Waals surface area (Å²) in [5, 5.41) is 16.9. The molecule has 202 valence electrons. The number of aromatic nitrogens is 1. The minimum absolute atomic E-state index is 0.0531. The molecule has 1 spiro atoms. The van der Waals surface area contributed by atoms with Gasteiger partial charge >= 0.3 is 0 Å². The predicted octanol–water partition coefficient (Wildman–Crippen LogP) is 3.46. The Labute approximate surface area is 225 Å². The number of likely N-dealkylation sites (tertiary alicyclic amines) is 2. The predicted molar refractivity (Wildman–Crippen MR) is 142 cm³/mol. The van der Waals surface area contributed by atoms with Gasteiger partial charge < -0.3 is 24.0 Å². The van der Waals surface area contributed by atoms with Gasteiger partial charge in [0.1, 0.15) is 18.1 Å². The molecule has 4 heterocycles. The van der Waals surface area contributed by atoms with Crippen molar-refractivity contribution in [3.63, 3.8) is 0 Å². The molecule has 1 aliphatic carbocycles. The zero-order chi connectivity index (χ0) is 26.9. The molecular weight excluding hydrogens is 506 g/mol. The van der Waals surface area contributed by atoms with Crippen LogP contribution < -0.4 is 9.47 Å². The van der Waals surface area contributed by atoms with Gasteiger partial charge in [-0.05, 0) is 36.0 Å². The third-order valence-electron chi connectivity index (χ3n) is 7.53. The Hall–Kier alpha value is -3.47. The summed E-state index contributed by atoms with van der Waals surface area (Å²) in [6.07, 6.45) is 5.42. The molecule has 2 N–H and O–H groups in total. The number of hydrogen-bond donors (Lipinski definition) is 2. The Kier molecular flexibility index (Phi) is 7.13. The lowest BCUT2D eigenvalue weighted by Gasteiger charge is -2.48. The average molecular weight is 540 g/mol. The molecule has 1 unspecified atom stereocenters. The van der Waals surface area contributed by atoms with Crippen LogP contribution in [0.4, 0.5) is 0 Å². The summed E-state index contributed by atoms with van der Waals surface area (Å²) >= 11 is 1.27. The number of nitrogens with zero attached hydrogens (tertiary/aromatic N) is 3. The second-order valence-electron chi connectivity index (χ2n) is 11.2. The van der Waals surface area contributed by atoms with Crippen LogP contribution in [-0.4, -0.2) is 78.3 Å². The maximum Gasteiger partial charge on any atom is 0.265 e. The van der Waals surface area contributed by atoms with E-state index in [1.807, 2.05) is 12.1 Å². The summed E-state index contributed by atoms with van der Waals surface area (Å²) < 4.78 is 16.8. The third kappa shape index (κ3) is 5.67. The fraction of sp³-hybridized carbons (Fsp3) is 0.519. The number of thiazole rings is 1. The van der Waals surface area contributed by atoms with Crippen molar-refractivity contribution in [2.45, 2.75) is 33.1 Å². The van der Waals surface area contributed by atoms with Crippen molar-refractivity contribution in [3.05, 3.63) is 40.3 Å². The van der Waals surface area contributed by atoms with Crippen molar-refractivity contribution < 1.29 is 23.8 Å². The largest absolute Gasteiger partial charge is 0.486 e. The molecule has 1 aromatic heterocycles. The first-order chi connectivity index (χ1) is 18.2. The normalized spacial score (nSPS) is 21.6. The summed E-state index contributed by atoms with van der Waals surface area (Å²) in [4.78, 5) is 31.9. The van der Waals surface area contributed by atoms with Gasteiger partial charge in [-0.2, -0.15) is 0 Å². The Morgan fingerprint density at radius 2 is 1.89 bits per heavy atom. The Morgan fingerprint density at radius 1 is 1.18 bits per heavy atom. The molecule has 11 heteroatoms. The number of amides is 2. The van der Waals surface area contributed by atoms with E-state index < -0.39 is 11.3 Å². The first-order valence-corrected chi connectivity index (χ1v) is 13.7. The molecule has 3 aliphatic heterocycles. The monoisotopic (exact) mass is 539 g/mol. The minimum atomic E-state index is -0.435. The maximum absolute atomic E-state index is 12.9. The number of ether oxygens (including phenoxy) is 3. The number of nitrogens with one attached hydrogen (secondary N) is 2. The van der Waals surface area contributed by atoms with Gasteiger partial charge in [-0.3, -0.25) is 25.4 Å². The number of fused-ring (bicyclic) bond motifs is 1. The summed E-state index contributed by atoms with van der Waals surface area (Å²) in [7, 11) is 0. The highest BCUT2D eigenvalue weighted by atomic mass is 32.1. The van der Waals surface area contributed by atoms with Gasteiger partial charge in [0.2, 0.25) is 6.41 Å². The molecule has 1 atom stereocenters. The number of rotatable bonds is 5. The van der Waals surface area contributed by atoms with E-state index in [0.29, 0.717) is 55.8 Å². The Morgan fingerprint density at radius 3 is 2.53 bits per heavy atom. The smallest absolute Gasteiger partial charge is 0.265 e. The van der Waals surface area contributed by atoms with E-state index >= 15 is 0 Å². The highest BCUT2D eigenvalue weighted by Gasteiger charge is 2.57. The van der Waals surface area contributed by atoms with E-state index in [-0.39, 0.29) is 24.1 Å². The Balaban J connectivity index is 0.000000529. The number of hydrogen-bond acceptors (Lipinski definition) is 9. The SMILES string of the molecule is CC1(C)CC1.N=C(Cc1ccc2c(c1)OCCO2)OC(=N)C1CN(C(=O)c2cncs2)CC12CN(C=O)C2. The van der Waals surface area contributed by atoms with Crippen molar-refractivity contribution in [1.82, 2.24) is 14.8 Å². The van der Waals surface area contributed by atoms with Crippen molar-refractivity contribution in [3.8, 4) is 11.5 Å². The van der Waals surface area contributed by atoms with Gasteiger partial charge in [-0.25, -0.2) is 0 Å². The van der Waals surface area contributed by atoms with Crippen LogP contribution in [0.3, 0.4) is 0 Å². The van der Waals surface area contributed by atoms with Gasteiger partial charge in [0.05, 0.1) is 17.6 Å². The van der Waals surface area contributed by atoms with E-state index in [1.54, 1.807) is 21.4 Å². The first-order valence-electron chi connectivity index (χ1n) is 12.8. The molecule has 3 fully saturated rings. The van der Waals surface area contributed by atoms with Gasteiger partial charge in [0.25, 0.3) is 5.91 Å². The van der Waals surface area contributed by atoms with Crippen LogP contribution in [0, 0.1) is 27.6 Å². The second kappa shape index (κ2) is 10.4. The fourth-order valence-corrected chi connectivity index (χ4v) is 5.58. The molecule has 1 saturated carbocycles. The van der Waals surface area contributed by atoms with Crippen LogP contribution >= 0.6 is 11.3 Å². The molecule has 2 amide bonds. The Bertz CT molecular complexity index is 1220. The van der Waals surface area contributed by atoms with Crippen LogP contribution in [0.15, 0.2) is 29.9 Å². The van der Waals surface area contributed by atoms with Crippen molar-refractivity contribution >= 4 is 35.4 Å². The van der Waals surface area contributed by atoms with Crippen molar-refractivity contribution in [1.29, 1.82) is 10.8 Å². The highest BCUT2D eigenvalue weighted by molar-refractivity contribution is 7.11. The summed E-state index contributed by atoms with van der Waals surface area (Å²) in [5.74, 6) is 0.660. The van der Waals surface area contributed by atoms with E-state index in [1.165, 1.54) is 30.4 Å². The van der Waals surface area contributed by atoms with Crippen LogP contribution in [0.5, 0.6) is 11.5 Å². The molecule has 0 bridgehead atoms. The van der Waals surface area contributed by atoms with E-state index in [2.05, 4.69) is 18.8 Å². The lowest BCUT2D eigenvalue weighted by molar-refractivity contribution is -0.129. The lowest BCUT2D eigenvalue weighted by Crippen LogP contribution is -2.61. The van der Waals surface area contributed by atoms with Crippen LogP contribution in [0.2, 0.25) is 0 Å². The zero-order valence-corrected chi connectivity index (χ0v) is 22.5. The molecule has 10 nitrogen and oxygen atoms in total. The molecule has 1 aromatic carbocycles. The van der Waals surface area contributed by atoms with Gasteiger partial charge in [-0.15, -0.1) is 11.3 Å². The molecule has 38 heavy (non-hydrogen) atoms. The van der Waals surface area contributed by atoms with E-state index in [4.69, 9.17) is 25.0 Å². The molecule has 2 aromatic rings. The number of benzene rings is 1. The van der Waals surface area contributed by atoms with Gasteiger partial charge in [0, 0.05) is 38.0 Å². The molecular formula is C27H33N5O5S. The van der Waals surface area contributed by atoms with Crippen LogP contribution in [0.25, 0.3) is 0 Å². The van der Waals surface area contributed by atoms with Gasteiger partial charge in [-0.1, -0.05) is 19.9 Å². The standard InChI is InChI=1S/C22H23N5O5S.C5H10/c23-19(6-14-1-2-16-17(5-14)31-4-3-30-16)32-20(24)15-8-27(21(29)18-7-25-12-33-18)11-22(15)9-26(10-22)13-28;1-5(2)3-4-5/h1-2,5,7,12-13,15,23-24H,3-4,6,8-11H2;3-4H2,1-2H3. The highest BCUT2D eigenvalue weighted by Crippen LogP contribution is 2.45. The summed E-state index contributed by atoms with van der Waals surface area (Å²) in [5.41, 5.74) is 2.74.